The van der Waals surface area contributed by atoms with Gasteiger partial charge in [-0.3, -0.25) is 9.00 Å². The maximum atomic E-state index is 11.9. The van der Waals surface area contributed by atoms with E-state index in [1.54, 1.807) is 0 Å². The summed E-state index contributed by atoms with van der Waals surface area (Å²) >= 11 is 0. The molecule has 0 radical (unpaired) electrons. The Morgan fingerprint density at radius 1 is 1.22 bits per heavy atom. The van der Waals surface area contributed by atoms with E-state index in [-0.39, 0.29) is 5.91 Å². The Kier molecular flexibility index (Phi) is 6.65. The molecule has 0 saturated carbocycles. The number of unbranched alkanes of at least 4 members (excludes halogenated alkanes) is 1. The minimum absolute atomic E-state index is 0.0784. The average molecular weight is 267 g/mol. The molecule has 4 heteroatoms. The molecule has 0 aromatic heterocycles. The van der Waals surface area contributed by atoms with Gasteiger partial charge in [-0.15, -0.1) is 0 Å². The van der Waals surface area contributed by atoms with Gasteiger partial charge >= 0.3 is 0 Å². The molecule has 0 aliphatic rings. The molecular formula is C14H21NO2S. The monoisotopic (exact) mass is 267 g/mol. The molecule has 0 spiro atoms. The van der Waals surface area contributed by atoms with Crippen LogP contribution in [0.4, 0.5) is 0 Å². The van der Waals surface area contributed by atoms with E-state index in [0.29, 0.717) is 18.7 Å². The van der Waals surface area contributed by atoms with Crippen molar-refractivity contribution < 1.29 is 9.00 Å². The Morgan fingerprint density at radius 2 is 1.89 bits per heavy atom. The summed E-state index contributed by atoms with van der Waals surface area (Å²) in [5.74, 6) is 0.736. The number of hydrogen-bond acceptors (Lipinski definition) is 2. The molecule has 1 unspecified atom stereocenters. The predicted octanol–water partition coefficient (Wildman–Crippen LogP) is 2.41. The fourth-order valence-corrected chi connectivity index (χ4v) is 2.66. The third kappa shape index (κ3) is 5.45. The van der Waals surface area contributed by atoms with E-state index < -0.39 is 10.8 Å². The highest BCUT2D eigenvalue weighted by atomic mass is 32.2. The van der Waals surface area contributed by atoms with Crippen LogP contribution in [0.2, 0.25) is 0 Å². The predicted molar refractivity (Wildman–Crippen MR) is 75.0 cm³/mol. The van der Waals surface area contributed by atoms with E-state index in [0.717, 1.165) is 17.7 Å². The molecule has 0 aliphatic carbocycles. The van der Waals surface area contributed by atoms with Gasteiger partial charge in [-0.25, -0.2) is 0 Å². The van der Waals surface area contributed by atoms with Gasteiger partial charge in [-0.2, -0.15) is 0 Å². The number of nitrogens with one attached hydrogen (secondary N) is 1. The second-order valence-electron chi connectivity index (χ2n) is 4.27. The van der Waals surface area contributed by atoms with Gasteiger partial charge in [0.2, 0.25) is 5.91 Å². The van der Waals surface area contributed by atoms with Crippen LogP contribution in [0.3, 0.4) is 0 Å². The average Bonchev–Trinajstić information content (AvgIpc) is 2.38. The van der Waals surface area contributed by atoms with Crippen molar-refractivity contribution in [3.63, 3.8) is 0 Å². The summed E-state index contributed by atoms with van der Waals surface area (Å²) in [6, 6.07) is 7.80. The molecule has 0 bridgehead atoms. The quantitative estimate of drug-likeness (QED) is 0.771. The van der Waals surface area contributed by atoms with E-state index >= 15 is 0 Å². The van der Waals surface area contributed by atoms with E-state index in [1.807, 2.05) is 38.1 Å². The number of amides is 1. The maximum absolute atomic E-state index is 11.9. The first kappa shape index (κ1) is 14.9. The van der Waals surface area contributed by atoms with E-state index in [1.165, 1.54) is 5.56 Å². The Balaban J connectivity index is 2.21. The van der Waals surface area contributed by atoms with Gasteiger partial charge in [0.15, 0.2) is 0 Å². The summed E-state index contributed by atoms with van der Waals surface area (Å²) in [7, 11) is -0.920. The Labute approximate surface area is 111 Å². The number of benzene rings is 1. The summed E-state index contributed by atoms with van der Waals surface area (Å²) < 4.78 is 11.9. The Morgan fingerprint density at radius 3 is 2.50 bits per heavy atom. The van der Waals surface area contributed by atoms with Crippen molar-refractivity contribution in [3.05, 3.63) is 29.8 Å². The van der Waals surface area contributed by atoms with Crippen LogP contribution in [0.5, 0.6) is 0 Å². The zero-order valence-corrected chi connectivity index (χ0v) is 11.9. The second kappa shape index (κ2) is 8.03. The van der Waals surface area contributed by atoms with Crippen molar-refractivity contribution in [3.8, 4) is 0 Å². The van der Waals surface area contributed by atoms with Crippen molar-refractivity contribution in [2.24, 2.45) is 0 Å². The minimum Gasteiger partial charge on any atom is -0.356 e. The molecule has 0 fully saturated rings. The topological polar surface area (TPSA) is 46.2 Å². The summed E-state index contributed by atoms with van der Waals surface area (Å²) in [5, 5.41) is 2.82. The fourth-order valence-electron chi connectivity index (χ4n) is 1.52. The molecule has 1 amide bonds. The van der Waals surface area contributed by atoms with E-state index in [9.17, 15) is 9.00 Å². The molecule has 0 aliphatic heterocycles. The molecule has 1 N–H and O–H groups in total. The summed E-state index contributed by atoms with van der Waals surface area (Å²) in [6.45, 7) is 4.53. The number of aryl methyl sites for hydroxylation is 1. The molecule has 100 valence electrons. The van der Waals surface area contributed by atoms with Gasteiger partial charge in [-0.05, 0) is 31.9 Å². The first-order valence-electron chi connectivity index (χ1n) is 6.35. The van der Waals surface area contributed by atoms with E-state index in [4.69, 9.17) is 0 Å². The van der Waals surface area contributed by atoms with Gasteiger partial charge in [0.1, 0.15) is 0 Å². The number of rotatable bonds is 7. The number of carbonyl (C=O) groups excluding carboxylic acids is 1. The third-order valence-electron chi connectivity index (χ3n) is 2.68. The van der Waals surface area contributed by atoms with Crippen LogP contribution in [0.1, 0.15) is 31.7 Å². The molecule has 0 heterocycles. The van der Waals surface area contributed by atoms with Crippen molar-refractivity contribution in [1.82, 2.24) is 5.32 Å². The van der Waals surface area contributed by atoms with Gasteiger partial charge < -0.3 is 5.32 Å². The van der Waals surface area contributed by atoms with Crippen LogP contribution >= 0.6 is 0 Å². The smallest absolute Gasteiger partial charge is 0.219 e. The van der Waals surface area contributed by atoms with Crippen molar-refractivity contribution in [2.75, 3.05) is 12.3 Å². The van der Waals surface area contributed by atoms with Crippen LogP contribution in [-0.4, -0.2) is 22.4 Å². The second-order valence-corrected chi connectivity index (χ2v) is 5.84. The highest BCUT2D eigenvalue weighted by Crippen LogP contribution is 2.09. The Bertz CT molecular complexity index is 401. The van der Waals surface area contributed by atoms with Gasteiger partial charge in [0.25, 0.3) is 0 Å². The lowest BCUT2D eigenvalue weighted by molar-refractivity contribution is -0.120. The van der Waals surface area contributed by atoms with Gasteiger partial charge in [-0.1, -0.05) is 24.6 Å². The third-order valence-corrected chi connectivity index (χ3v) is 4.14. The molecular weight excluding hydrogens is 246 g/mol. The zero-order chi connectivity index (χ0) is 13.4. The normalized spacial score (nSPS) is 12.1. The molecule has 1 atom stereocenters. The van der Waals surface area contributed by atoms with Gasteiger partial charge in [0.05, 0.1) is 10.8 Å². The Hall–Kier alpha value is -1.16. The molecule has 18 heavy (non-hydrogen) atoms. The molecule has 0 saturated heterocycles. The summed E-state index contributed by atoms with van der Waals surface area (Å²) in [5.41, 5.74) is 1.18. The SMILES string of the molecule is CCC(=O)NCCCCS(=O)c1ccc(C)cc1. The van der Waals surface area contributed by atoms with Crippen molar-refractivity contribution >= 4 is 16.7 Å². The van der Waals surface area contributed by atoms with Crippen LogP contribution in [0.15, 0.2) is 29.2 Å². The highest BCUT2D eigenvalue weighted by molar-refractivity contribution is 7.85. The van der Waals surface area contributed by atoms with Crippen molar-refractivity contribution in [2.45, 2.75) is 38.0 Å². The maximum Gasteiger partial charge on any atom is 0.219 e. The first-order chi connectivity index (χ1) is 8.63. The number of hydrogen-bond donors (Lipinski definition) is 1. The fraction of sp³-hybridized carbons (Fsp3) is 0.500. The largest absolute Gasteiger partial charge is 0.356 e. The highest BCUT2D eigenvalue weighted by Gasteiger charge is 2.03. The zero-order valence-electron chi connectivity index (χ0n) is 11.1. The summed E-state index contributed by atoms with van der Waals surface area (Å²) in [4.78, 5) is 11.9. The lowest BCUT2D eigenvalue weighted by Crippen LogP contribution is -2.23. The van der Waals surface area contributed by atoms with E-state index in [2.05, 4.69) is 5.32 Å². The van der Waals surface area contributed by atoms with Crippen LogP contribution < -0.4 is 5.32 Å². The van der Waals surface area contributed by atoms with Crippen LogP contribution in [0.25, 0.3) is 0 Å². The lowest BCUT2D eigenvalue weighted by Gasteiger charge is -2.04. The first-order valence-corrected chi connectivity index (χ1v) is 7.67. The molecule has 1 rings (SSSR count). The van der Waals surface area contributed by atoms with Crippen molar-refractivity contribution in [1.29, 1.82) is 0 Å². The number of carbonyl (C=O) groups is 1. The van der Waals surface area contributed by atoms with Gasteiger partial charge in [0, 0.05) is 23.6 Å². The molecule has 1 aromatic carbocycles. The molecule has 3 nitrogen and oxygen atoms in total. The molecule has 1 aromatic rings. The van der Waals surface area contributed by atoms with Crippen LogP contribution in [0, 0.1) is 6.92 Å². The lowest BCUT2D eigenvalue weighted by atomic mass is 10.2. The minimum atomic E-state index is -0.920. The standard InChI is InChI=1S/C14H21NO2S/c1-3-14(16)15-10-4-5-11-18(17)13-8-6-12(2)7-9-13/h6-9H,3-5,10-11H2,1-2H3,(H,15,16). The van der Waals surface area contributed by atoms with Crippen LogP contribution in [-0.2, 0) is 15.6 Å². The summed E-state index contributed by atoms with van der Waals surface area (Å²) in [6.07, 6.45) is 2.27.